The SMILES string of the molecule is Cn1c(SCc2coc(-c3cccc(Cl)c3)n2)nc2ccccc2c1=O. The molecule has 130 valence electrons. The van der Waals surface area contributed by atoms with Gasteiger partial charge in [-0.05, 0) is 30.3 Å². The van der Waals surface area contributed by atoms with Gasteiger partial charge in [-0.1, -0.05) is 41.6 Å². The first kappa shape index (κ1) is 16.9. The molecule has 2 aromatic carbocycles. The molecule has 5 nitrogen and oxygen atoms in total. The minimum absolute atomic E-state index is 0.0575. The van der Waals surface area contributed by atoms with Gasteiger partial charge in [0.25, 0.3) is 5.56 Å². The molecule has 0 bridgehead atoms. The number of hydrogen-bond acceptors (Lipinski definition) is 5. The van der Waals surface area contributed by atoms with E-state index in [0.29, 0.717) is 32.7 Å². The van der Waals surface area contributed by atoms with E-state index in [9.17, 15) is 4.79 Å². The Kier molecular flexibility index (Phi) is 4.53. The van der Waals surface area contributed by atoms with Gasteiger partial charge in [0.2, 0.25) is 5.89 Å². The maximum absolute atomic E-state index is 12.4. The van der Waals surface area contributed by atoms with Crippen molar-refractivity contribution in [2.24, 2.45) is 7.05 Å². The van der Waals surface area contributed by atoms with Crippen LogP contribution >= 0.6 is 23.4 Å². The number of thioether (sulfide) groups is 1. The van der Waals surface area contributed by atoms with E-state index in [4.69, 9.17) is 16.0 Å². The Morgan fingerprint density at radius 1 is 1.15 bits per heavy atom. The zero-order valence-electron chi connectivity index (χ0n) is 13.8. The molecule has 4 rings (SSSR count). The summed E-state index contributed by atoms with van der Waals surface area (Å²) >= 11 is 7.45. The number of para-hydroxylation sites is 1. The van der Waals surface area contributed by atoms with Gasteiger partial charge in [0, 0.05) is 23.4 Å². The van der Waals surface area contributed by atoms with Gasteiger partial charge in [-0.25, -0.2) is 9.97 Å². The molecular formula is C19H14ClN3O2S. The van der Waals surface area contributed by atoms with Crippen LogP contribution in [0.3, 0.4) is 0 Å². The maximum Gasteiger partial charge on any atom is 0.261 e. The van der Waals surface area contributed by atoms with E-state index in [0.717, 1.165) is 11.3 Å². The number of fused-ring (bicyclic) bond motifs is 1. The highest BCUT2D eigenvalue weighted by Crippen LogP contribution is 2.25. The van der Waals surface area contributed by atoms with E-state index in [-0.39, 0.29) is 5.56 Å². The van der Waals surface area contributed by atoms with Crippen LogP contribution in [0.4, 0.5) is 0 Å². The van der Waals surface area contributed by atoms with Gasteiger partial charge >= 0.3 is 0 Å². The predicted molar refractivity (Wildman–Crippen MR) is 103 cm³/mol. The average Bonchev–Trinajstić information content (AvgIpc) is 3.13. The van der Waals surface area contributed by atoms with Crippen molar-refractivity contribution < 1.29 is 4.42 Å². The molecule has 2 aromatic heterocycles. The monoisotopic (exact) mass is 383 g/mol. The van der Waals surface area contributed by atoms with Crippen molar-refractivity contribution in [1.82, 2.24) is 14.5 Å². The van der Waals surface area contributed by atoms with E-state index in [1.165, 1.54) is 11.8 Å². The first-order valence-electron chi connectivity index (χ1n) is 7.91. The normalized spacial score (nSPS) is 11.2. The van der Waals surface area contributed by atoms with Crippen LogP contribution in [0.1, 0.15) is 5.69 Å². The summed E-state index contributed by atoms with van der Waals surface area (Å²) in [4.78, 5) is 21.5. The fraction of sp³-hybridized carbons (Fsp3) is 0.105. The number of benzene rings is 2. The molecule has 0 fully saturated rings. The molecule has 0 saturated carbocycles. The molecule has 26 heavy (non-hydrogen) atoms. The molecule has 0 N–H and O–H groups in total. The number of aromatic nitrogens is 3. The van der Waals surface area contributed by atoms with E-state index < -0.39 is 0 Å². The number of rotatable bonds is 4. The third kappa shape index (κ3) is 3.25. The maximum atomic E-state index is 12.4. The van der Waals surface area contributed by atoms with Crippen molar-refractivity contribution in [2.45, 2.75) is 10.9 Å². The molecule has 0 spiro atoms. The van der Waals surface area contributed by atoms with Gasteiger partial charge in [0.05, 0.1) is 16.6 Å². The van der Waals surface area contributed by atoms with Crippen molar-refractivity contribution in [1.29, 1.82) is 0 Å². The second kappa shape index (κ2) is 6.97. The smallest absolute Gasteiger partial charge is 0.261 e. The van der Waals surface area contributed by atoms with Gasteiger partial charge in [0.15, 0.2) is 5.16 Å². The van der Waals surface area contributed by atoms with Crippen LogP contribution in [0.15, 0.2) is 69.2 Å². The molecule has 0 aliphatic heterocycles. The summed E-state index contributed by atoms with van der Waals surface area (Å²) in [6, 6.07) is 14.7. The Morgan fingerprint density at radius 3 is 2.85 bits per heavy atom. The van der Waals surface area contributed by atoms with Crippen molar-refractivity contribution in [3.05, 3.63) is 75.9 Å². The second-order valence-electron chi connectivity index (χ2n) is 5.72. The van der Waals surface area contributed by atoms with Crippen molar-refractivity contribution in [2.75, 3.05) is 0 Å². The van der Waals surface area contributed by atoms with Crippen LogP contribution in [-0.4, -0.2) is 14.5 Å². The molecule has 0 aliphatic carbocycles. The molecule has 7 heteroatoms. The largest absolute Gasteiger partial charge is 0.444 e. The highest BCUT2D eigenvalue weighted by molar-refractivity contribution is 7.98. The van der Waals surface area contributed by atoms with Gasteiger partial charge in [-0.15, -0.1) is 0 Å². The minimum atomic E-state index is -0.0575. The average molecular weight is 384 g/mol. The fourth-order valence-corrected chi connectivity index (χ4v) is 3.63. The van der Waals surface area contributed by atoms with Crippen LogP contribution in [0.2, 0.25) is 5.02 Å². The van der Waals surface area contributed by atoms with E-state index in [1.807, 2.05) is 30.3 Å². The van der Waals surface area contributed by atoms with E-state index in [2.05, 4.69) is 9.97 Å². The summed E-state index contributed by atoms with van der Waals surface area (Å²) in [5, 5.41) is 1.89. The molecule has 0 amide bonds. The quantitative estimate of drug-likeness (QED) is 0.382. The summed E-state index contributed by atoms with van der Waals surface area (Å²) in [5.41, 5.74) is 2.23. The summed E-state index contributed by atoms with van der Waals surface area (Å²) in [6.45, 7) is 0. The predicted octanol–water partition coefficient (Wildman–Crippen LogP) is 4.53. The standard InChI is InChI=1S/C19H14ClN3O2S/c1-23-18(24)15-7-2-3-8-16(15)22-19(23)26-11-14-10-25-17(21-14)12-5-4-6-13(20)9-12/h2-10H,11H2,1H3. The van der Waals surface area contributed by atoms with Crippen molar-refractivity contribution >= 4 is 34.3 Å². The summed E-state index contributed by atoms with van der Waals surface area (Å²) in [7, 11) is 1.73. The molecule has 0 aliphatic rings. The number of nitrogens with zero attached hydrogens (tertiary/aromatic N) is 3. The lowest BCUT2D eigenvalue weighted by atomic mass is 10.2. The van der Waals surface area contributed by atoms with Gasteiger partial charge in [0.1, 0.15) is 6.26 Å². The third-order valence-electron chi connectivity index (χ3n) is 3.91. The highest BCUT2D eigenvalue weighted by atomic mass is 35.5. The van der Waals surface area contributed by atoms with Crippen molar-refractivity contribution in [3.8, 4) is 11.5 Å². The number of oxazole rings is 1. The Hall–Kier alpha value is -2.57. The molecule has 0 unspecified atom stereocenters. The Balaban J connectivity index is 1.58. The lowest BCUT2D eigenvalue weighted by Gasteiger charge is -2.07. The van der Waals surface area contributed by atoms with Crippen molar-refractivity contribution in [3.63, 3.8) is 0 Å². The summed E-state index contributed by atoms with van der Waals surface area (Å²) in [6.07, 6.45) is 1.61. The van der Waals surface area contributed by atoms with E-state index >= 15 is 0 Å². The van der Waals surface area contributed by atoms with Crippen LogP contribution in [0, 0.1) is 0 Å². The minimum Gasteiger partial charge on any atom is -0.444 e. The number of hydrogen-bond donors (Lipinski definition) is 0. The molecule has 0 atom stereocenters. The fourth-order valence-electron chi connectivity index (χ4n) is 2.59. The molecular weight excluding hydrogens is 370 g/mol. The van der Waals surface area contributed by atoms with E-state index in [1.54, 1.807) is 36.1 Å². The summed E-state index contributed by atoms with van der Waals surface area (Å²) < 4.78 is 7.11. The summed E-state index contributed by atoms with van der Waals surface area (Å²) in [5.74, 6) is 1.06. The topological polar surface area (TPSA) is 60.9 Å². The third-order valence-corrected chi connectivity index (χ3v) is 5.21. The van der Waals surface area contributed by atoms with Gasteiger partial charge in [-0.2, -0.15) is 0 Å². The zero-order chi connectivity index (χ0) is 18.1. The second-order valence-corrected chi connectivity index (χ2v) is 7.10. The molecule has 0 radical (unpaired) electrons. The Bertz CT molecular complexity index is 1150. The first-order chi connectivity index (χ1) is 12.6. The molecule has 0 saturated heterocycles. The van der Waals surface area contributed by atoms with Crippen LogP contribution in [0.5, 0.6) is 0 Å². The highest BCUT2D eigenvalue weighted by Gasteiger charge is 2.11. The lowest BCUT2D eigenvalue weighted by Crippen LogP contribution is -2.19. The first-order valence-corrected chi connectivity index (χ1v) is 9.27. The number of halogens is 1. The zero-order valence-corrected chi connectivity index (χ0v) is 15.4. The van der Waals surface area contributed by atoms with Crippen LogP contribution < -0.4 is 5.56 Å². The molecule has 4 aromatic rings. The van der Waals surface area contributed by atoms with Gasteiger partial charge < -0.3 is 4.42 Å². The Labute approximate surface area is 158 Å². The lowest BCUT2D eigenvalue weighted by molar-refractivity contribution is 0.573. The molecule has 2 heterocycles. The van der Waals surface area contributed by atoms with Crippen LogP contribution in [0.25, 0.3) is 22.4 Å². The Morgan fingerprint density at radius 2 is 2.00 bits per heavy atom. The van der Waals surface area contributed by atoms with Crippen LogP contribution in [-0.2, 0) is 12.8 Å². The van der Waals surface area contributed by atoms with Gasteiger partial charge in [-0.3, -0.25) is 9.36 Å².